The van der Waals surface area contributed by atoms with Crippen molar-refractivity contribution in [3.63, 3.8) is 0 Å². The number of amides is 2. The number of carbonyl (C=O) groups excluding carboxylic acids is 2. The van der Waals surface area contributed by atoms with Crippen LogP contribution >= 0.6 is 11.6 Å². The number of hydrogen-bond donors (Lipinski definition) is 2. The summed E-state index contributed by atoms with van der Waals surface area (Å²) < 4.78 is 16.5. The van der Waals surface area contributed by atoms with Gasteiger partial charge < -0.3 is 19.5 Å². The van der Waals surface area contributed by atoms with Crippen molar-refractivity contribution in [3.05, 3.63) is 83.5 Å². The number of nitrogens with one attached hydrogen (secondary N) is 2. The van der Waals surface area contributed by atoms with Gasteiger partial charge in [0.15, 0.2) is 0 Å². The lowest BCUT2D eigenvalue weighted by atomic mass is 10.1. The first-order valence-corrected chi connectivity index (χ1v) is 10.6. The van der Waals surface area contributed by atoms with Crippen LogP contribution in [-0.2, 0) is 16.1 Å². The summed E-state index contributed by atoms with van der Waals surface area (Å²) in [5, 5.41) is 6.16. The molecular weight excluding hydrogens is 458 g/mol. The first kappa shape index (κ1) is 22.9. The second kappa shape index (κ2) is 10.5. The Morgan fingerprint density at radius 2 is 1.85 bits per heavy atom. The highest BCUT2D eigenvalue weighted by Crippen LogP contribution is 2.36. The van der Waals surface area contributed by atoms with Gasteiger partial charge in [-0.1, -0.05) is 41.9 Å². The molecule has 1 heterocycles. The molecule has 1 aromatic heterocycles. The Bertz CT molecular complexity index is 1330. The van der Waals surface area contributed by atoms with Crippen LogP contribution in [0.1, 0.15) is 5.56 Å². The van der Waals surface area contributed by atoms with E-state index in [1.165, 1.54) is 7.11 Å². The topological polar surface area (TPSA) is 98.8 Å². The molecule has 3 aromatic carbocycles. The molecule has 0 radical (unpaired) electrons. The molecule has 0 aliphatic rings. The third-order valence-corrected chi connectivity index (χ3v) is 5.17. The molecule has 9 heteroatoms. The van der Waals surface area contributed by atoms with Crippen LogP contribution < -0.4 is 20.1 Å². The maximum absolute atomic E-state index is 12.1. The molecule has 8 nitrogen and oxygen atoms in total. The van der Waals surface area contributed by atoms with Crippen LogP contribution in [-0.4, -0.2) is 24.6 Å². The molecule has 0 unspecified atom stereocenters. The third-order valence-electron chi connectivity index (χ3n) is 4.86. The number of fused-ring (bicyclic) bond motifs is 1. The van der Waals surface area contributed by atoms with Crippen LogP contribution in [0.3, 0.4) is 0 Å². The van der Waals surface area contributed by atoms with Crippen LogP contribution in [0.2, 0.25) is 5.02 Å². The van der Waals surface area contributed by atoms with Crippen LogP contribution in [0.5, 0.6) is 17.2 Å². The monoisotopic (exact) mass is 477 g/mol. The van der Waals surface area contributed by atoms with Gasteiger partial charge in [0.25, 0.3) is 0 Å². The minimum Gasteiger partial charge on any atom is -0.494 e. The van der Waals surface area contributed by atoms with E-state index >= 15 is 0 Å². The van der Waals surface area contributed by atoms with E-state index in [1.54, 1.807) is 42.6 Å². The number of anilines is 2. The van der Waals surface area contributed by atoms with Crippen molar-refractivity contribution in [3.8, 4) is 17.2 Å². The molecule has 2 N–H and O–H groups in total. The van der Waals surface area contributed by atoms with Crippen LogP contribution in [0, 0.1) is 0 Å². The molecule has 0 bridgehead atoms. The van der Waals surface area contributed by atoms with Crippen molar-refractivity contribution in [2.75, 3.05) is 17.7 Å². The van der Waals surface area contributed by atoms with Crippen LogP contribution in [0.15, 0.2) is 72.9 Å². The van der Waals surface area contributed by atoms with E-state index in [4.69, 9.17) is 25.8 Å². The molecule has 0 saturated heterocycles. The van der Waals surface area contributed by atoms with Gasteiger partial charge in [0, 0.05) is 23.7 Å². The van der Waals surface area contributed by atoms with Gasteiger partial charge in [0.1, 0.15) is 23.9 Å². The van der Waals surface area contributed by atoms with Gasteiger partial charge in [-0.3, -0.25) is 15.1 Å². The minimum atomic E-state index is -0.622. The van der Waals surface area contributed by atoms with Crippen molar-refractivity contribution < 1.29 is 23.8 Å². The zero-order chi connectivity index (χ0) is 23.9. The quantitative estimate of drug-likeness (QED) is 0.302. The maximum Gasteiger partial charge on any atom is 0.412 e. The van der Waals surface area contributed by atoms with Crippen molar-refractivity contribution in [2.24, 2.45) is 0 Å². The molecule has 4 aromatic rings. The SMILES string of the molecule is COc1cc2nccc(Oc3ccc(NC(=O)OCc4ccccc4)c(Cl)c3)c2cc1NC=O. The normalized spacial score (nSPS) is 10.4. The fourth-order valence-corrected chi connectivity index (χ4v) is 3.46. The number of nitrogens with zero attached hydrogens (tertiary/aromatic N) is 1. The van der Waals surface area contributed by atoms with Gasteiger partial charge in [-0.2, -0.15) is 0 Å². The summed E-state index contributed by atoms with van der Waals surface area (Å²) in [6, 6.07) is 19.3. The molecule has 0 aliphatic carbocycles. The second-order valence-corrected chi connectivity index (χ2v) is 7.48. The lowest BCUT2D eigenvalue weighted by Crippen LogP contribution is -2.13. The average molecular weight is 478 g/mol. The van der Waals surface area contributed by atoms with E-state index in [0.717, 1.165) is 5.56 Å². The van der Waals surface area contributed by atoms with E-state index in [0.29, 0.717) is 45.9 Å². The smallest absolute Gasteiger partial charge is 0.412 e. The van der Waals surface area contributed by atoms with Gasteiger partial charge in [-0.25, -0.2) is 4.79 Å². The molecular formula is C25H20ClN3O5. The van der Waals surface area contributed by atoms with Crippen molar-refractivity contribution in [2.45, 2.75) is 6.61 Å². The molecule has 0 atom stereocenters. The number of aromatic nitrogens is 1. The predicted molar refractivity (Wildman–Crippen MR) is 130 cm³/mol. The lowest BCUT2D eigenvalue weighted by Gasteiger charge is -2.13. The summed E-state index contributed by atoms with van der Waals surface area (Å²) in [5.41, 5.74) is 2.36. The Hall–Kier alpha value is -4.30. The molecule has 0 saturated carbocycles. The number of ether oxygens (including phenoxy) is 3. The first-order chi connectivity index (χ1) is 16.6. The number of pyridine rings is 1. The van der Waals surface area contributed by atoms with E-state index in [1.807, 2.05) is 30.3 Å². The number of hydrogen-bond acceptors (Lipinski definition) is 6. The zero-order valence-electron chi connectivity index (χ0n) is 18.1. The van der Waals surface area contributed by atoms with Crippen LogP contribution in [0.4, 0.5) is 16.2 Å². The van der Waals surface area contributed by atoms with Gasteiger partial charge in [-0.15, -0.1) is 0 Å². The van der Waals surface area contributed by atoms with Crippen LogP contribution in [0.25, 0.3) is 10.9 Å². The minimum absolute atomic E-state index is 0.145. The van der Waals surface area contributed by atoms with Crippen molar-refractivity contribution >= 4 is 46.4 Å². The third kappa shape index (κ3) is 5.36. The number of rotatable bonds is 8. The summed E-state index contributed by atoms with van der Waals surface area (Å²) in [6.07, 6.45) is 1.55. The predicted octanol–water partition coefficient (Wildman–Crippen LogP) is 6.01. The van der Waals surface area contributed by atoms with Crippen molar-refractivity contribution in [1.82, 2.24) is 4.98 Å². The summed E-state index contributed by atoms with van der Waals surface area (Å²) in [4.78, 5) is 27.4. The fourth-order valence-electron chi connectivity index (χ4n) is 3.24. The largest absolute Gasteiger partial charge is 0.494 e. The molecule has 2 amide bonds. The zero-order valence-corrected chi connectivity index (χ0v) is 18.8. The molecule has 4 rings (SSSR count). The number of benzene rings is 3. The summed E-state index contributed by atoms with van der Waals surface area (Å²) in [6.45, 7) is 0.145. The number of carbonyl (C=O) groups is 2. The Balaban J connectivity index is 1.49. The highest BCUT2D eigenvalue weighted by molar-refractivity contribution is 6.33. The highest BCUT2D eigenvalue weighted by Gasteiger charge is 2.13. The second-order valence-electron chi connectivity index (χ2n) is 7.07. The van der Waals surface area contributed by atoms with Gasteiger partial charge in [0.05, 0.1) is 29.0 Å². The highest BCUT2D eigenvalue weighted by atomic mass is 35.5. The summed E-state index contributed by atoms with van der Waals surface area (Å²) in [7, 11) is 1.51. The molecule has 0 spiro atoms. The Morgan fingerprint density at radius 3 is 2.59 bits per heavy atom. The van der Waals surface area contributed by atoms with Gasteiger partial charge in [0.2, 0.25) is 6.41 Å². The summed E-state index contributed by atoms with van der Waals surface area (Å²) >= 11 is 6.35. The summed E-state index contributed by atoms with van der Waals surface area (Å²) in [5.74, 6) is 1.42. The fraction of sp³-hybridized carbons (Fsp3) is 0.0800. The standard InChI is InChI=1S/C25H20ClN3O5/c1-32-24-13-21-18(12-22(24)28-15-30)23(9-10-27-21)34-17-7-8-20(19(26)11-17)29-25(31)33-14-16-5-3-2-4-6-16/h2-13,15H,14H2,1H3,(H,28,30)(H,29,31). The molecule has 34 heavy (non-hydrogen) atoms. The van der Waals surface area contributed by atoms with Gasteiger partial charge >= 0.3 is 6.09 Å². The Kier molecular flexibility index (Phi) is 7.10. The molecule has 0 fully saturated rings. The van der Waals surface area contributed by atoms with E-state index in [2.05, 4.69) is 15.6 Å². The average Bonchev–Trinajstić information content (AvgIpc) is 2.85. The van der Waals surface area contributed by atoms with E-state index in [9.17, 15) is 9.59 Å². The molecule has 0 aliphatic heterocycles. The van der Waals surface area contributed by atoms with Gasteiger partial charge in [-0.05, 0) is 29.8 Å². The molecule has 172 valence electrons. The Labute approximate surface area is 200 Å². The van der Waals surface area contributed by atoms with E-state index in [-0.39, 0.29) is 11.6 Å². The Morgan fingerprint density at radius 1 is 1.03 bits per heavy atom. The lowest BCUT2D eigenvalue weighted by molar-refractivity contribution is -0.105. The van der Waals surface area contributed by atoms with Crippen molar-refractivity contribution in [1.29, 1.82) is 0 Å². The van der Waals surface area contributed by atoms with E-state index < -0.39 is 6.09 Å². The number of halogens is 1. The first-order valence-electron chi connectivity index (χ1n) is 10.2. The maximum atomic E-state index is 12.1. The number of methoxy groups -OCH3 is 1.